The molecule has 0 aliphatic heterocycles. The number of carbonyl (C=O) groups is 1. The minimum Gasteiger partial charge on any atom is -0.460 e. The van der Waals surface area contributed by atoms with E-state index in [0.717, 1.165) is 26.1 Å². The van der Waals surface area contributed by atoms with Crippen LogP contribution < -0.4 is 10.6 Å². The van der Waals surface area contributed by atoms with E-state index >= 15 is 0 Å². The van der Waals surface area contributed by atoms with Crippen molar-refractivity contribution in [2.75, 3.05) is 26.2 Å². The summed E-state index contributed by atoms with van der Waals surface area (Å²) in [5.41, 5.74) is -0.373. The van der Waals surface area contributed by atoms with Crippen LogP contribution in [-0.4, -0.2) is 37.7 Å². The molecule has 0 aromatic heterocycles. The van der Waals surface area contributed by atoms with Crippen molar-refractivity contribution in [1.82, 2.24) is 10.6 Å². The average molecular weight is 230 g/mol. The molecule has 0 fully saturated rings. The van der Waals surface area contributed by atoms with E-state index in [1.165, 1.54) is 0 Å². The quantitative estimate of drug-likeness (QED) is 0.487. The van der Waals surface area contributed by atoms with Gasteiger partial charge in [0, 0.05) is 6.54 Å². The Balaban J connectivity index is 3.28. The lowest BCUT2D eigenvalue weighted by atomic mass is 10.2. The number of hydrogen-bond donors (Lipinski definition) is 2. The Morgan fingerprint density at radius 3 is 2.31 bits per heavy atom. The normalized spacial score (nSPS) is 11.5. The summed E-state index contributed by atoms with van der Waals surface area (Å²) in [4.78, 5) is 11.3. The third-order valence-electron chi connectivity index (χ3n) is 1.88. The largest absolute Gasteiger partial charge is 0.460 e. The van der Waals surface area contributed by atoms with Gasteiger partial charge in [-0.15, -0.1) is 0 Å². The van der Waals surface area contributed by atoms with Gasteiger partial charge in [0.2, 0.25) is 0 Å². The maximum atomic E-state index is 11.3. The molecule has 0 aliphatic carbocycles. The molecule has 0 aromatic carbocycles. The van der Waals surface area contributed by atoms with Crippen molar-refractivity contribution < 1.29 is 9.53 Å². The van der Waals surface area contributed by atoms with E-state index in [9.17, 15) is 4.79 Å². The van der Waals surface area contributed by atoms with Crippen LogP contribution in [0.2, 0.25) is 0 Å². The van der Waals surface area contributed by atoms with E-state index in [-0.39, 0.29) is 11.6 Å². The second-order valence-electron chi connectivity index (χ2n) is 4.79. The summed E-state index contributed by atoms with van der Waals surface area (Å²) in [6.07, 6.45) is 1.53. The van der Waals surface area contributed by atoms with E-state index < -0.39 is 0 Å². The van der Waals surface area contributed by atoms with Gasteiger partial charge in [0.25, 0.3) is 0 Å². The summed E-state index contributed by atoms with van der Waals surface area (Å²) < 4.78 is 5.19. The van der Waals surface area contributed by atoms with Gasteiger partial charge < -0.3 is 15.4 Å². The third kappa shape index (κ3) is 11.5. The Morgan fingerprint density at radius 2 is 1.75 bits per heavy atom. The van der Waals surface area contributed by atoms with E-state index in [4.69, 9.17) is 4.74 Å². The predicted molar refractivity (Wildman–Crippen MR) is 66.5 cm³/mol. The van der Waals surface area contributed by atoms with Crippen molar-refractivity contribution in [3.63, 3.8) is 0 Å². The maximum Gasteiger partial charge on any atom is 0.307 e. The van der Waals surface area contributed by atoms with Crippen LogP contribution in [0.15, 0.2) is 0 Å². The first kappa shape index (κ1) is 15.4. The summed E-state index contributed by atoms with van der Waals surface area (Å²) >= 11 is 0. The molecule has 0 saturated carbocycles. The van der Waals surface area contributed by atoms with Crippen molar-refractivity contribution in [1.29, 1.82) is 0 Å². The Morgan fingerprint density at radius 1 is 1.12 bits per heavy atom. The molecule has 2 N–H and O–H groups in total. The highest BCUT2D eigenvalue weighted by molar-refractivity contribution is 5.70. The van der Waals surface area contributed by atoms with Crippen molar-refractivity contribution in [2.45, 2.75) is 46.1 Å². The molecular weight excluding hydrogens is 204 g/mol. The highest BCUT2D eigenvalue weighted by Gasteiger charge is 2.15. The molecular formula is C12H26N2O2. The Hall–Kier alpha value is -0.610. The van der Waals surface area contributed by atoms with Crippen molar-refractivity contribution in [3.05, 3.63) is 0 Å². The Labute approximate surface area is 99.1 Å². The van der Waals surface area contributed by atoms with Crippen LogP contribution in [0.25, 0.3) is 0 Å². The zero-order valence-electron chi connectivity index (χ0n) is 11.1. The molecule has 4 heteroatoms. The number of carbonyl (C=O) groups excluding carboxylic acids is 1. The fourth-order valence-corrected chi connectivity index (χ4v) is 1.22. The standard InChI is InChI=1S/C12H26N2O2/c1-5-13-8-6-9-14-10-7-11(15)16-12(2,3)4/h13-14H,5-10H2,1-4H3. The molecule has 0 amide bonds. The summed E-state index contributed by atoms with van der Waals surface area (Å²) in [7, 11) is 0. The SMILES string of the molecule is CCNCCCNCCC(=O)OC(C)(C)C. The van der Waals surface area contributed by atoms with Gasteiger partial charge in [-0.3, -0.25) is 4.79 Å². The van der Waals surface area contributed by atoms with E-state index in [2.05, 4.69) is 17.6 Å². The Bertz CT molecular complexity index is 188. The second-order valence-corrected chi connectivity index (χ2v) is 4.79. The number of nitrogens with one attached hydrogen (secondary N) is 2. The first-order valence-electron chi connectivity index (χ1n) is 6.09. The van der Waals surface area contributed by atoms with Gasteiger partial charge in [0.15, 0.2) is 0 Å². The topological polar surface area (TPSA) is 50.4 Å². The molecule has 0 aromatic rings. The minimum absolute atomic E-state index is 0.133. The van der Waals surface area contributed by atoms with Crippen LogP contribution in [0.4, 0.5) is 0 Å². The molecule has 0 atom stereocenters. The van der Waals surface area contributed by atoms with Gasteiger partial charge in [-0.05, 0) is 46.8 Å². The van der Waals surface area contributed by atoms with Gasteiger partial charge in [-0.1, -0.05) is 6.92 Å². The van der Waals surface area contributed by atoms with Crippen LogP contribution in [0.3, 0.4) is 0 Å². The molecule has 0 radical (unpaired) electrons. The lowest BCUT2D eigenvalue weighted by Crippen LogP contribution is -2.28. The zero-order chi connectivity index (χ0) is 12.4. The first-order valence-corrected chi connectivity index (χ1v) is 6.09. The van der Waals surface area contributed by atoms with Crippen molar-refractivity contribution in [3.8, 4) is 0 Å². The van der Waals surface area contributed by atoms with E-state index in [0.29, 0.717) is 13.0 Å². The lowest BCUT2D eigenvalue weighted by Gasteiger charge is -2.19. The summed E-state index contributed by atoms with van der Waals surface area (Å²) in [5.74, 6) is -0.133. The number of ether oxygens (including phenoxy) is 1. The zero-order valence-corrected chi connectivity index (χ0v) is 11.1. The summed E-state index contributed by atoms with van der Waals surface area (Å²) in [6.45, 7) is 11.4. The molecule has 0 bridgehead atoms. The molecule has 96 valence electrons. The fourth-order valence-electron chi connectivity index (χ4n) is 1.22. The maximum absolute atomic E-state index is 11.3. The van der Waals surface area contributed by atoms with Gasteiger partial charge in [0.1, 0.15) is 5.60 Å². The first-order chi connectivity index (χ1) is 7.45. The average Bonchev–Trinajstić information content (AvgIpc) is 2.13. The lowest BCUT2D eigenvalue weighted by molar-refractivity contribution is -0.154. The fraction of sp³-hybridized carbons (Fsp3) is 0.917. The molecule has 16 heavy (non-hydrogen) atoms. The molecule has 0 heterocycles. The number of rotatable bonds is 8. The second kappa shape index (κ2) is 8.53. The summed E-state index contributed by atoms with van der Waals surface area (Å²) in [5, 5.41) is 6.47. The molecule has 0 unspecified atom stereocenters. The highest BCUT2D eigenvalue weighted by Crippen LogP contribution is 2.07. The predicted octanol–water partition coefficient (Wildman–Crippen LogP) is 1.31. The van der Waals surface area contributed by atoms with Crippen LogP contribution in [0, 0.1) is 0 Å². The smallest absolute Gasteiger partial charge is 0.307 e. The van der Waals surface area contributed by atoms with Gasteiger partial charge in [-0.2, -0.15) is 0 Å². The van der Waals surface area contributed by atoms with Crippen molar-refractivity contribution in [2.24, 2.45) is 0 Å². The minimum atomic E-state index is -0.373. The Kier molecular flexibility index (Phi) is 8.21. The number of esters is 1. The molecule has 4 nitrogen and oxygen atoms in total. The summed E-state index contributed by atoms with van der Waals surface area (Å²) in [6, 6.07) is 0. The molecule has 0 spiro atoms. The van der Waals surface area contributed by atoms with Crippen molar-refractivity contribution >= 4 is 5.97 Å². The van der Waals surface area contributed by atoms with Crippen LogP contribution in [-0.2, 0) is 9.53 Å². The van der Waals surface area contributed by atoms with Crippen LogP contribution >= 0.6 is 0 Å². The van der Waals surface area contributed by atoms with Gasteiger partial charge in [-0.25, -0.2) is 0 Å². The van der Waals surface area contributed by atoms with E-state index in [1.807, 2.05) is 20.8 Å². The van der Waals surface area contributed by atoms with Gasteiger partial charge >= 0.3 is 5.97 Å². The molecule has 0 rings (SSSR count). The molecule has 0 saturated heterocycles. The number of hydrogen-bond acceptors (Lipinski definition) is 4. The molecule has 0 aliphatic rings. The van der Waals surface area contributed by atoms with Gasteiger partial charge in [0.05, 0.1) is 6.42 Å². The third-order valence-corrected chi connectivity index (χ3v) is 1.88. The van der Waals surface area contributed by atoms with Crippen LogP contribution in [0.5, 0.6) is 0 Å². The van der Waals surface area contributed by atoms with Crippen LogP contribution in [0.1, 0.15) is 40.5 Å². The van der Waals surface area contributed by atoms with E-state index in [1.54, 1.807) is 0 Å². The monoisotopic (exact) mass is 230 g/mol. The highest BCUT2D eigenvalue weighted by atomic mass is 16.6.